The van der Waals surface area contributed by atoms with Gasteiger partial charge in [-0.1, -0.05) is 22.0 Å². The van der Waals surface area contributed by atoms with Crippen LogP contribution in [0.3, 0.4) is 0 Å². The van der Waals surface area contributed by atoms with Gasteiger partial charge in [0.25, 0.3) is 5.91 Å². The van der Waals surface area contributed by atoms with E-state index in [0.29, 0.717) is 29.4 Å². The number of amides is 1. The molecule has 0 spiro atoms. The molecule has 9 heteroatoms. The van der Waals surface area contributed by atoms with E-state index in [9.17, 15) is 14.9 Å². The molecule has 180 valence electrons. The Labute approximate surface area is 211 Å². The topological polar surface area (TPSA) is 111 Å². The molecule has 0 bridgehead atoms. The van der Waals surface area contributed by atoms with Crippen molar-refractivity contribution in [3.8, 4) is 23.3 Å². The summed E-state index contributed by atoms with van der Waals surface area (Å²) in [7, 11) is 0. The minimum absolute atomic E-state index is 0.0954. The van der Waals surface area contributed by atoms with Gasteiger partial charge in [-0.2, -0.15) is 5.26 Å². The molecule has 2 aromatic carbocycles. The molecule has 0 aliphatic heterocycles. The predicted molar refractivity (Wildman–Crippen MR) is 132 cm³/mol. The third-order valence-corrected chi connectivity index (χ3v) is 5.55. The van der Waals surface area contributed by atoms with Gasteiger partial charge in [-0.3, -0.25) is 4.79 Å². The Kier molecular flexibility index (Phi) is 9.09. The van der Waals surface area contributed by atoms with E-state index in [-0.39, 0.29) is 24.5 Å². The summed E-state index contributed by atoms with van der Waals surface area (Å²) in [5, 5.41) is 12.1. The van der Waals surface area contributed by atoms with Crippen LogP contribution in [-0.2, 0) is 16.1 Å². The summed E-state index contributed by atoms with van der Waals surface area (Å²) >= 11 is 3.42. The lowest BCUT2D eigenvalue weighted by molar-refractivity contribution is -0.136. The molecule has 0 atom stereocenters. The molecule has 1 aromatic heterocycles. The highest BCUT2D eigenvalue weighted by Gasteiger charge is 2.14. The van der Waals surface area contributed by atoms with Crippen molar-refractivity contribution in [2.45, 2.75) is 20.4 Å². The van der Waals surface area contributed by atoms with Crippen LogP contribution >= 0.6 is 15.9 Å². The number of nitrogens with one attached hydrogen (secondary N) is 1. The van der Waals surface area contributed by atoms with Crippen LogP contribution in [-0.4, -0.2) is 25.1 Å². The molecule has 8 nitrogen and oxygen atoms in total. The normalized spacial score (nSPS) is 10.9. The lowest BCUT2D eigenvalue weighted by Crippen LogP contribution is -2.23. The SMILES string of the molecule is CCOc1cc(/C=C(\C#N)C(=O)NCc2ccco2)ccc1OC(=O)COc1ccc(Br)c(C)c1. The number of benzene rings is 2. The van der Waals surface area contributed by atoms with Gasteiger partial charge in [0, 0.05) is 4.47 Å². The molecule has 0 fully saturated rings. The monoisotopic (exact) mass is 538 g/mol. The highest BCUT2D eigenvalue weighted by molar-refractivity contribution is 9.10. The number of ether oxygens (including phenoxy) is 3. The van der Waals surface area contributed by atoms with Crippen molar-refractivity contribution >= 4 is 33.9 Å². The number of carbonyl (C=O) groups excluding carboxylic acids is 2. The third kappa shape index (κ3) is 7.48. The molecule has 0 aliphatic rings. The zero-order valence-corrected chi connectivity index (χ0v) is 20.8. The number of rotatable bonds is 10. The maximum Gasteiger partial charge on any atom is 0.349 e. The standard InChI is InChI=1S/C26H23BrN2O6/c1-3-32-24-13-18(12-19(14-28)26(31)29-15-21-5-4-10-33-21)6-9-23(24)35-25(30)16-34-20-7-8-22(27)17(2)11-20/h4-13H,3,15-16H2,1-2H3,(H,29,31)/b19-12+. The van der Waals surface area contributed by atoms with Crippen LogP contribution in [0.4, 0.5) is 0 Å². The van der Waals surface area contributed by atoms with Crippen LogP contribution in [0.1, 0.15) is 23.8 Å². The summed E-state index contributed by atoms with van der Waals surface area (Å²) in [4.78, 5) is 24.7. The van der Waals surface area contributed by atoms with Crippen LogP contribution in [0, 0.1) is 18.3 Å². The second kappa shape index (κ2) is 12.4. The van der Waals surface area contributed by atoms with Crippen LogP contribution < -0.4 is 19.5 Å². The molecule has 1 heterocycles. The number of furan rings is 1. The van der Waals surface area contributed by atoms with Crippen molar-refractivity contribution < 1.29 is 28.2 Å². The molecule has 35 heavy (non-hydrogen) atoms. The van der Waals surface area contributed by atoms with E-state index in [1.165, 1.54) is 18.4 Å². The Bertz CT molecular complexity index is 1260. The smallest absolute Gasteiger partial charge is 0.349 e. The third-order valence-electron chi connectivity index (χ3n) is 4.66. The fourth-order valence-electron chi connectivity index (χ4n) is 2.96. The van der Waals surface area contributed by atoms with Gasteiger partial charge in [0.1, 0.15) is 23.2 Å². The lowest BCUT2D eigenvalue weighted by atomic mass is 10.1. The van der Waals surface area contributed by atoms with Crippen molar-refractivity contribution in [1.29, 1.82) is 5.26 Å². The van der Waals surface area contributed by atoms with E-state index in [0.717, 1.165) is 10.0 Å². The number of esters is 1. The number of hydrogen-bond acceptors (Lipinski definition) is 7. The molecule has 3 rings (SSSR count). The quantitative estimate of drug-likeness (QED) is 0.168. The Hall–Kier alpha value is -4.03. The predicted octanol–water partition coefficient (Wildman–Crippen LogP) is 4.96. The van der Waals surface area contributed by atoms with Crippen molar-refractivity contribution in [1.82, 2.24) is 5.32 Å². The number of aryl methyl sites for hydroxylation is 1. The number of halogens is 1. The summed E-state index contributed by atoms with van der Waals surface area (Å²) in [6.45, 7) is 3.89. The summed E-state index contributed by atoms with van der Waals surface area (Å²) < 4.78 is 22.6. The van der Waals surface area contributed by atoms with Crippen molar-refractivity contribution in [3.05, 3.63) is 81.7 Å². The number of carbonyl (C=O) groups is 2. The molecule has 0 radical (unpaired) electrons. The minimum atomic E-state index is -0.607. The van der Waals surface area contributed by atoms with Gasteiger partial charge in [-0.05, 0) is 73.5 Å². The Morgan fingerprint density at radius 2 is 1.97 bits per heavy atom. The van der Waals surface area contributed by atoms with Crippen molar-refractivity contribution in [2.75, 3.05) is 13.2 Å². The second-order valence-corrected chi connectivity index (χ2v) is 8.10. The highest BCUT2D eigenvalue weighted by Crippen LogP contribution is 2.30. The highest BCUT2D eigenvalue weighted by atomic mass is 79.9. The summed E-state index contributed by atoms with van der Waals surface area (Å²) in [6.07, 6.45) is 2.92. The van der Waals surface area contributed by atoms with Gasteiger partial charge in [0.15, 0.2) is 18.1 Å². The molecule has 1 amide bonds. The van der Waals surface area contributed by atoms with Crippen molar-refractivity contribution in [3.63, 3.8) is 0 Å². The summed E-state index contributed by atoms with van der Waals surface area (Å²) in [5.74, 6) is 0.456. The van der Waals surface area contributed by atoms with E-state index in [1.807, 2.05) is 25.1 Å². The molecule has 0 saturated carbocycles. The lowest BCUT2D eigenvalue weighted by Gasteiger charge is -2.12. The minimum Gasteiger partial charge on any atom is -0.490 e. The van der Waals surface area contributed by atoms with Gasteiger partial charge < -0.3 is 23.9 Å². The molecular formula is C26H23BrN2O6. The van der Waals surface area contributed by atoms with Gasteiger partial charge in [-0.15, -0.1) is 0 Å². The van der Waals surface area contributed by atoms with Gasteiger partial charge >= 0.3 is 5.97 Å². The van der Waals surface area contributed by atoms with E-state index >= 15 is 0 Å². The first-order chi connectivity index (χ1) is 16.9. The maximum atomic E-state index is 12.4. The zero-order chi connectivity index (χ0) is 25.2. The Morgan fingerprint density at radius 3 is 2.66 bits per heavy atom. The van der Waals surface area contributed by atoms with Gasteiger partial charge in [0.05, 0.1) is 19.4 Å². The first kappa shape index (κ1) is 25.6. The number of nitriles is 1. The fraction of sp³-hybridized carbons (Fsp3) is 0.192. The summed E-state index contributed by atoms with van der Waals surface area (Å²) in [5.41, 5.74) is 1.41. The van der Waals surface area contributed by atoms with Crippen LogP contribution in [0.5, 0.6) is 17.2 Å². The zero-order valence-electron chi connectivity index (χ0n) is 19.2. The first-order valence-corrected chi connectivity index (χ1v) is 11.5. The van der Waals surface area contributed by atoms with Gasteiger partial charge in [0.2, 0.25) is 0 Å². The van der Waals surface area contributed by atoms with E-state index in [4.69, 9.17) is 18.6 Å². The van der Waals surface area contributed by atoms with Crippen LogP contribution in [0.25, 0.3) is 6.08 Å². The molecule has 0 saturated heterocycles. The second-order valence-electron chi connectivity index (χ2n) is 7.24. The van der Waals surface area contributed by atoms with Crippen LogP contribution in [0.2, 0.25) is 0 Å². The average molecular weight is 539 g/mol. The summed E-state index contributed by atoms with van der Waals surface area (Å²) in [6, 6.07) is 15.4. The maximum absolute atomic E-state index is 12.4. The molecule has 0 unspecified atom stereocenters. The number of hydrogen-bond donors (Lipinski definition) is 1. The molecule has 3 aromatic rings. The fourth-order valence-corrected chi connectivity index (χ4v) is 3.21. The Balaban J connectivity index is 1.67. The molecule has 0 aliphatic carbocycles. The van der Waals surface area contributed by atoms with Crippen molar-refractivity contribution in [2.24, 2.45) is 0 Å². The molecule has 1 N–H and O–H groups in total. The van der Waals surface area contributed by atoms with E-state index in [1.54, 1.807) is 37.3 Å². The average Bonchev–Trinajstić information content (AvgIpc) is 3.37. The van der Waals surface area contributed by atoms with E-state index in [2.05, 4.69) is 21.2 Å². The van der Waals surface area contributed by atoms with Gasteiger partial charge in [-0.25, -0.2) is 4.79 Å². The van der Waals surface area contributed by atoms with Crippen LogP contribution in [0.15, 0.2) is 69.3 Å². The first-order valence-electron chi connectivity index (χ1n) is 10.7. The molecular weight excluding hydrogens is 516 g/mol. The largest absolute Gasteiger partial charge is 0.490 e. The number of nitrogens with zero attached hydrogens (tertiary/aromatic N) is 1. The van der Waals surface area contributed by atoms with E-state index < -0.39 is 11.9 Å². The Morgan fingerprint density at radius 1 is 1.14 bits per heavy atom.